The molecule has 23 heavy (non-hydrogen) atoms. The van der Waals surface area contributed by atoms with Gasteiger partial charge in [0.1, 0.15) is 5.75 Å². The Morgan fingerprint density at radius 3 is 2.70 bits per heavy atom. The Labute approximate surface area is 135 Å². The maximum Gasteiger partial charge on any atom is 0.253 e. The molecule has 0 radical (unpaired) electrons. The number of amides is 1. The molecular formula is C19H20N2O2. The molecule has 4 heteroatoms. The lowest BCUT2D eigenvalue weighted by Gasteiger charge is -2.08. The summed E-state index contributed by atoms with van der Waals surface area (Å²) in [7, 11) is 3.61. The van der Waals surface area contributed by atoms with E-state index in [2.05, 4.69) is 5.32 Å². The molecule has 3 aromatic rings. The molecule has 0 fully saturated rings. The number of nitrogens with one attached hydrogen (secondary N) is 1. The van der Waals surface area contributed by atoms with Gasteiger partial charge in [0.2, 0.25) is 0 Å². The van der Waals surface area contributed by atoms with Gasteiger partial charge in [0.15, 0.2) is 0 Å². The Hall–Kier alpha value is -2.75. The number of nitrogens with zero attached hydrogens (tertiary/aromatic N) is 1. The van der Waals surface area contributed by atoms with Gasteiger partial charge in [0, 0.05) is 30.7 Å². The van der Waals surface area contributed by atoms with E-state index < -0.39 is 0 Å². The number of hydrogen-bond acceptors (Lipinski definition) is 2. The molecule has 0 aliphatic heterocycles. The number of aromatic nitrogens is 1. The molecule has 0 unspecified atom stereocenters. The zero-order chi connectivity index (χ0) is 16.2. The molecule has 1 aromatic heterocycles. The van der Waals surface area contributed by atoms with Crippen molar-refractivity contribution in [1.82, 2.24) is 9.88 Å². The van der Waals surface area contributed by atoms with E-state index in [9.17, 15) is 4.79 Å². The molecule has 0 saturated heterocycles. The van der Waals surface area contributed by atoms with Crippen molar-refractivity contribution in [3.05, 3.63) is 65.9 Å². The summed E-state index contributed by atoms with van der Waals surface area (Å²) in [5, 5.41) is 3.97. The van der Waals surface area contributed by atoms with Crippen LogP contribution in [0.5, 0.6) is 5.75 Å². The summed E-state index contributed by atoms with van der Waals surface area (Å²) in [6.07, 6.45) is 2.61. The van der Waals surface area contributed by atoms with E-state index in [-0.39, 0.29) is 5.91 Å². The van der Waals surface area contributed by atoms with Crippen molar-refractivity contribution < 1.29 is 9.53 Å². The molecule has 0 atom stereocenters. The molecule has 0 aliphatic carbocycles. The van der Waals surface area contributed by atoms with Crippen LogP contribution in [0.1, 0.15) is 15.9 Å². The fraction of sp³-hybridized carbons (Fsp3) is 0.211. The van der Waals surface area contributed by atoms with Gasteiger partial charge in [-0.25, -0.2) is 0 Å². The number of hydrogen-bond donors (Lipinski definition) is 1. The zero-order valence-electron chi connectivity index (χ0n) is 13.4. The number of carbonyl (C=O) groups is 1. The molecule has 0 saturated carbocycles. The molecule has 1 N–H and O–H groups in total. The summed E-state index contributed by atoms with van der Waals surface area (Å²) in [6.45, 7) is 0.572. The predicted octanol–water partition coefficient (Wildman–Crippen LogP) is 3.16. The molecule has 4 nitrogen and oxygen atoms in total. The molecule has 118 valence electrons. The summed E-state index contributed by atoms with van der Waals surface area (Å²) in [4.78, 5) is 12.5. The number of aryl methyl sites for hydroxylation is 1. The van der Waals surface area contributed by atoms with Gasteiger partial charge in [-0.2, -0.15) is 0 Å². The molecule has 0 aliphatic rings. The third-order valence-corrected chi connectivity index (χ3v) is 4.01. The summed E-state index contributed by atoms with van der Waals surface area (Å²) in [5.74, 6) is 0.809. The summed E-state index contributed by atoms with van der Waals surface area (Å²) in [5.41, 5.74) is 2.86. The van der Waals surface area contributed by atoms with Gasteiger partial charge in [-0.3, -0.25) is 4.79 Å². The minimum Gasteiger partial charge on any atom is -0.496 e. The fourth-order valence-corrected chi connectivity index (χ4v) is 2.84. The second kappa shape index (κ2) is 6.57. The molecule has 0 spiro atoms. The van der Waals surface area contributed by atoms with E-state index in [4.69, 9.17) is 4.74 Å². The fourth-order valence-electron chi connectivity index (χ4n) is 2.84. The first-order valence-electron chi connectivity index (χ1n) is 7.65. The molecule has 1 amide bonds. The van der Waals surface area contributed by atoms with Crippen molar-refractivity contribution >= 4 is 16.8 Å². The first-order chi connectivity index (χ1) is 11.2. The van der Waals surface area contributed by atoms with Gasteiger partial charge in [0.05, 0.1) is 12.7 Å². The highest BCUT2D eigenvalue weighted by Crippen LogP contribution is 2.20. The topological polar surface area (TPSA) is 43.3 Å². The van der Waals surface area contributed by atoms with Crippen LogP contribution in [0.25, 0.3) is 10.9 Å². The summed E-state index contributed by atoms with van der Waals surface area (Å²) < 4.78 is 7.31. The third kappa shape index (κ3) is 3.06. The first-order valence-corrected chi connectivity index (χ1v) is 7.65. The van der Waals surface area contributed by atoms with Crippen molar-refractivity contribution in [2.75, 3.05) is 13.7 Å². The minimum atomic E-state index is -0.0447. The number of methoxy groups -OCH3 is 1. The van der Waals surface area contributed by atoms with Gasteiger partial charge in [-0.05, 0) is 24.1 Å². The predicted molar refractivity (Wildman–Crippen MR) is 92.0 cm³/mol. The Morgan fingerprint density at radius 2 is 1.87 bits per heavy atom. The zero-order valence-corrected chi connectivity index (χ0v) is 13.4. The lowest BCUT2D eigenvalue weighted by atomic mass is 10.1. The largest absolute Gasteiger partial charge is 0.496 e. The van der Waals surface area contributed by atoms with Gasteiger partial charge in [-0.15, -0.1) is 0 Å². The van der Waals surface area contributed by atoms with E-state index >= 15 is 0 Å². The van der Waals surface area contributed by atoms with Crippen LogP contribution in [0.3, 0.4) is 0 Å². The maximum absolute atomic E-state index is 12.5. The standard InChI is InChI=1S/C19H20N2O2/c1-21-13-16(15-8-4-5-9-17(15)21)19(22)20-12-11-14-7-3-6-10-18(14)23-2/h3-10,13H,11-12H2,1-2H3,(H,20,22). The molecule has 1 heterocycles. The average Bonchev–Trinajstić information content (AvgIpc) is 2.93. The highest BCUT2D eigenvalue weighted by molar-refractivity contribution is 6.06. The molecule has 0 bridgehead atoms. The van der Waals surface area contributed by atoms with Crippen molar-refractivity contribution in [3.8, 4) is 5.75 Å². The van der Waals surface area contributed by atoms with Gasteiger partial charge < -0.3 is 14.6 Å². The lowest BCUT2D eigenvalue weighted by Crippen LogP contribution is -2.25. The van der Waals surface area contributed by atoms with E-state index in [0.29, 0.717) is 12.1 Å². The van der Waals surface area contributed by atoms with Crippen molar-refractivity contribution in [2.45, 2.75) is 6.42 Å². The van der Waals surface area contributed by atoms with E-state index in [1.54, 1.807) is 7.11 Å². The Kier molecular flexibility index (Phi) is 4.33. The highest BCUT2D eigenvalue weighted by atomic mass is 16.5. The summed E-state index contributed by atoms with van der Waals surface area (Å²) >= 11 is 0. The van der Waals surface area contributed by atoms with Crippen LogP contribution in [0, 0.1) is 0 Å². The van der Waals surface area contributed by atoms with Crippen LogP contribution < -0.4 is 10.1 Å². The number of para-hydroxylation sites is 2. The normalized spacial score (nSPS) is 10.7. The third-order valence-electron chi connectivity index (χ3n) is 4.01. The van der Waals surface area contributed by atoms with Crippen LogP contribution >= 0.6 is 0 Å². The first kappa shape index (κ1) is 15.2. The quantitative estimate of drug-likeness (QED) is 0.787. The van der Waals surface area contributed by atoms with Crippen LogP contribution in [0.15, 0.2) is 54.7 Å². The lowest BCUT2D eigenvalue weighted by molar-refractivity contribution is 0.0955. The van der Waals surface area contributed by atoms with E-state index in [1.807, 2.05) is 66.3 Å². The number of benzene rings is 2. The second-order valence-electron chi connectivity index (χ2n) is 5.49. The van der Waals surface area contributed by atoms with Crippen LogP contribution in [0.4, 0.5) is 0 Å². The van der Waals surface area contributed by atoms with Crippen LogP contribution in [-0.2, 0) is 13.5 Å². The SMILES string of the molecule is COc1ccccc1CCNC(=O)c1cn(C)c2ccccc12. The molecule has 2 aromatic carbocycles. The van der Waals surface area contributed by atoms with Gasteiger partial charge in [0.25, 0.3) is 5.91 Å². The number of rotatable bonds is 5. The number of carbonyl (C=O) groups excluding carboxylic acids is 1. The Morgan fingerprint density at radius 1 is 1.13 bits per heavy atom. The monoisotopic (exact) mass is 308 g/mol. The molecular weight excluding hydrogens is 288 g/mol. The highest BCUT2D eigenvalue weighted by Gasteiger charge is 2.13. The summed E-state index contributed by atoms with van der Waals surface area (Å²) in [6, 6.07) is 15.8. The minimum absolute atomic E-state index is 0.0447. The van der Waals surface area contributed by atoms with Gasteiger partial charge in [-0.1, -0.05) is 36.4 Å². The number of fused-ring (bicyclic) bond motifs is 1. The van der Waals surface area contributed by atoms with Crippen molar-refractivity contribution in [1.29, 1.82) is 0 Å². The van der Waals surface area contributed by atoms with E-state index in [0.717, 1.165) is 28.6 Å². The van der Waals surface area contributed by atoms with Crippen molar-refractivity contribution in [3.63, 3.8) is 0 Å². The maximum atomic E-state index is 12.5. The van der Waals surface area contributed by atoms with E-state index in [1.165, 1.54) is 0 Å². The van der Waals surface area contributed by atoms with Crippen molar-refractivity contribution in [2.24, 2.45) is 7.05 Å². The smallest absolute Gasteiger partial charge is 0.253 e. The van der Waals surface area contributed by atoms with Crippen LogP contribution in [-0.4, -0.2) is 24.1 Å². The van der Waals surface area contributed by atoms with Crippen LogP contribution in [0.2, 0.25) is 0 Å². The second-order valence-corrected chi connectivity index (χ2v) is 5.49. The molecule has 3 rings (SSSR count). The Bertz CT molecular complexity index is 836. The van der Waals surface area contributed by atoms with Gasteiger partial charge >= 0.3 is 0 Å². The average molecular weight is 308 g/mol. The number of ether oxygens (including phenoxy) is 1. The Balaban J connectivity index is 1.70.